The molecule has 6 nitrogen and oxygen atoms in total. The third kappa shape index (κ3) is 5.36. The number of fused-ring (bicyclic) bond motifs is 1. The van der Waals surface area contributed by atoms with E-state index in [4.69, 9.17) is 9.47 Å². The Hall–Kier alpha value is -1.79. The molecule has 2 aliphatic rings. The Labute approximate surface area is 162 Å². The van der Waals surface area contributed by atoms with E-state index in [2.05, 4.69) is 10.2 Å². The van der Waals surface area contributed by atoms with Gasteiger partial charge < -0.3 is 24.6 Å². The zero-order valence-electron chi connectivity index (χ0n) is 16.7. The Morgan fingerprint density at radius 2 is 1.93 bits per heavy atom. The molecule has 0 aliphatic carbocycles. The fourth-order valence-electron chi connectivity index (χ4n) is 4.43. The summed E-state index contributed by atoms with van der Waals surface area (Å²) in [6.07, 6.45) is 6.34. The number of carbonyl (C=O) groups is 1. The Bertz CT molecular complexity index is 591. The van der Waals surface area contributed by atoms with Crippen LogP contribution in [0, 0.1) is 5.92 Å². The maximum absolute atomic E-state index is 12.9. The SMILES string of the molecule is COCCN(CC1CCCN2CCCCC12)C(=O)Nc1ccc(OC)cc1. The molecule has 2 unspecified atom stereocenters. The summed E-state index contributed by atoms with van der Waals surface area (Å²) in [6.45, 7) is 4.40. The zero-order valence-corrected chi connectivity index (χ0v) is 16.7. The topological polar surface area (TPSA) is 54.0 Å². The lowest BCUT2D eigenvalue weighted by atomic mass is 9.83. The molecular formula is C21H33N3O3. The van der Waals surface area contributed by atoms with E-state index in [0.717, 1.165) is 18.0 Å². The first kappa shape index (κ1) is 20.0. The quantitative estimate of drug-likeness (QED) is 0.793. The van der Waals surface area contributed by atoms with Gasteiger partial charge in [-0.05, 0) is 69.0 Å². The Kier molecular flexibility index (Phi) is 7.35. The molecule has 2 amide bonds. The minimum Gasteiger partial charge on any atom is -0.497 e. The number of hydrogen-bond donors (Lipinski definition) is 1. The van der Waals surface area contributed by atoms with Gasteiger partial charge in [-0.1, -0.05) is 6.42 Å². The summed E-state index contributed by atoms with van der Waals surface area (Å²) in [5, 5.41) is 3.03. The second-order valence-electron chi connectivity index (χ2n) is 7.60. The first-order valence-corrected chi connectivity index (χ1v) is 10.1. The predicted molar refractivity (Wildman–Crippen MR) is 107 cm³/mol. The van der Waals surface area contributed by atoms with E-state index in [0.29, 0.717) is 25.1 Å². The number of nitrogens with one attached hydrogen (secondary N) is 1. The van der Waals surface area contributed by atoms with Gasteiger partial charge in [0.25, 0.3) is 0 Å². The van der Waals surface area contributed by atoms with Gasteiger partial charge in [-0.2, -0.15) is 0 Å². The van der Waals surface area contributed by atoms with Gasteiger partial charge in [0.05, 0.1) is 13.7 Å². The van der Waals surface area contributed by atoms with Gasteiger partial charge in [0.15, 0.2) is 0 Å². The first-order chi connectivity index (χ1) is 13.2. The molecule has 0 spiro atoms. The van der Waals surface area contributed by atoms with Crippen molar-refractivity contribution in [2.24, 2.45) is 5.92 Å². The molecule has 2 saturated heterocycles. The number of anilines is 1. The van der Waals surface area contributed by atoms with Gasteiger partial charge in [-0.3, -0.25) is 0 Å². The predicted octanol–water partition coefficient (Wildman–Crippen LogP) is 3.44. The highest BCUT2D eigenvalue weighted by Gasteiger charge is 2.34. The van der Waals surface area contributed by atoms with Crippen LogP contribution in [0.25, 0.3) is 0 Å². The van der Waals surface area contributed by atoms with Crippen molar-refractivity contribution in [1.82, 2.24) is 9.80 Å². The van der Waals surface area contributed by atoms with E-state index >= 15 is 0 Å². The van der Waals surface area contributed by atoms with Crippen LogP contribution in [0.3, 0.4) is 0 Å². The minimum atomic E-state index is -0.0508. The fraction of sp³-hybridized carbons (Fsp3) is 0.667. The second-order valence-corrected chi connectivity index (χ2v) is 7.60. The lowest BCUT2D eigenvalue weighted by molar-refractivity contribution is 0.0433. The molecule has 0 aromatic heterocycles. The number of ether oxygens (including phenoxy) is 2. The molecule has 2 aliphatic heterocycles. The molecule has 0 bridgehead atoms. The Morgan fingerprint density at radius 1 is 1.15 bits per heavy atom. The van der Waals surface area contributed by atoms with Crippen molar-refractivity contribution < 1.29 is 14.3 Å². The zero-order chi connectivity index (χ0) is 19.1. The lowest BCUT2D eigenvalue weighted by Gasteiger charge is -2.45. The van der Waals surface area contributed by atoms with Crippen molar-refractivity contribution in [3.63, 3.8) is 0 Å². The van der Waals surface area contributed by atoms with Crippen LogP contribution in [0.15, 0.2) is 24.3 Å². The number of methoxy groups -OCH3 is 2. The molecule has 0 radical (unpaired) electrons. The van der Waals surface area contributed by atoms with Crippen molar-refractivity contribution >= 4 is 11.7 Å². The molecule has 150 valence electrons. The monoisotopic (exact) mass is 375 g/mol. The summed E-state index contributed by atoms with van der Waals surface area (Å²) in [6, 6.07) is 8.03. The molecular weight excluding hydrogens is 342 g/mol. The fourth-order valence-corrected chi connectivity index (χ4v) is 4.43. The van der Waals surface area contributed by atoms with Gasteiger partial charge in [-0.25, -0.2) is 4.79 Å². The van der Waals surface area contributed by atoms with Crippen molar-refractivity contribution in [2.75, 3.05) is 52.3 Å². The Balaban J connectivity index is 1.63. The summed E-state index contributed by atoms with van der Waals surface area (Å²) in [5.41, 5.74) is 0.783. The van der Waals surface area contributed by atoms with Gasteiger partial charge in [-0.15, -0.1) is 0 Å². The van der Waals surface area contributed by atoms with Crippen LogP contribution in [-0.4, -0.2) is 68.9 Å². The van der Waals surface area contributed by atoms with Crippen molar-refractivity contribution in [3.05, 3.63) is 24.3 Å². The largest absolute Gasteiger partial charge is 0.497 e. The summed E-state index contributed by atoms with van der Waals surface area (Å²) in [7, 11) is 3.32. The minimum absolute atomic E-state index is 0.0508. The molecule has 2 fully saturated rings. The molecule has 27 heavy (non-hydrogen) atoms. The Morgan fingerprint density at radius 3 is 2.67 bits per heavy atom. The summed E-state index contributed by atoms with van der Waals surface area (Å²) < 4.78 is 10.4. The van der Waals surface area contributed by atoms with Gasteiger partial charge in [0.1, 0.15) is 5.75 Å². The average molecular weight is 376 g/mol. The normalized spacial score (nSPS) is 22.7. The number of piperidine rings is 2. The molecule has 1 aromatic carbocycles. The highest BCUT2D eigenvalue weighted by molar-refractivity contribution is 5.89. The number of nitrogens with zero attached hydrogens (tertiary/aromatic N) is 2. The number of urea groups is 1. The van der Waals surface area contributed by atoms with Crippen molar-refractivity contribution in [1.29, 1.82) is 0 Å². The molecule has 1 aromatic rings. The third-order valence-corrected chi connectivity index (χ3v) is 5.88. The van der Waals surface area contributed by atoms with Gasteiger partial charge >= 0.3 is 6.03 Å². The van der Waals surface area contributed by atoms with Crippen LogP contribution >= 0.6 is 0 Å². The number of carbonyl (C=O) groups excluding carboxylic acids is 1. The van der Waals surface area contributed by atoms with Crippen LogP contribution in [-0.2, 0) is 4.74 Å². The molecule has 3 rings (SSSR count). The number of amides is 2. The van der Waals surface area contributed by atoms with E-state index in [1.54, 1.807) is 14.2 Å². The molecule has 1 N–H and O–H groups in total. The third-order valence-electron chi connectivity index (χ3n) is 5.88. The van der Waals surface area contributed by atoms with E-state index < -0.39 is 0 Å². The first-order valence-electron chi connectivity index (χ1n) is 10.1. The van der Waals surface area contributed by atoms with E-state index in [1.807, 2.05) is 29.2 Å². The van der Waals surface area contributed by atoms with Crippen LogP contribution in [0.4, 0.5) is 10.5 Å². The van der Waals surface area contributed by atoms with E-state index in [-0.39, 0.29) is 6.03 Å². The van der Waals surface area contributed by atoms with Crippen LogP contribution in [0.1, 0.15) is 32.1 Å². The van der Waals surface area contributed by atoms with Crippen molar-refractivity contribution in [2.45, 2.75) is 38.1 Å². The van der Waals surface area contributed by atoms with Gasteiger partial charge in [0.2, 0.25) is 0 Å². The average Bonchev–Trinajstić information content (AvgIpc) is 2.71. The number of benzene rings is 1. The molecule has 6 heteroatoms. The lowest BCUT2D eigenvalue weighted by Crippen LogP contribution is -2.52. The second kappa shape index (κ2) is 9.95. The van der Waals surface area contributed by atoms with Gasteiger partial charge in [0, 0.05) is 31.9 Å². The number of hydrogen-bond acceptors (Lipinski definition) is 4. The van der Waals surface area contributed by atoms with E-state index in [9.17, 15) is 4.79 Å². The smallest absolute Gasteiger partial charge is 0.321 e. The van der Waals surface area contributed by atoms with Crippen LogP contribution < -0.4 is 10.1 Å². The van der Waals surface area contributed by atoms with Crippen LogP contribution in [0.2, 0.25) is 0 Å². The highest BCUT2D eigenvalue weighted by Crippen LogP contribution is 2.31. The molecule has 2 atom stereocenters. The van der Waals surface area contributed by atoms with Crippen LogP contribution in [0.5, 0.6) is 5.75 Å². The standard InChI is InChI=1S/C21H33N3O3/c1-26-15-14-24(21(25)22-18-8-10-19(27-2)11-9-18)16-17-6-5-13-23-12-4-3-7-20(17)23/h8-11,17,20H,3-7,12-16H2,1-2H3,(H,22,25). The summed E-state index contributed by atoms with van der Waals surface area (Å²) in [5.74, 6) is 1.33. The maximum Gasteiger partial charge on any atom is 0.321 e. The highest BCUT2D eigenvalue weighted by atomic mass is 16.5. The summed E-state index contributed by atoms with van der Waals surface area (Å²) in [4.78, 5) is 17.5. The molecule has 0 saturated carbocycles. The number of rotatable bonds is 7. The maximum atomic E-state index is 12.9. The van der Waals surface area contributed by atoms with Crippen molar-refractivity contribution in [3.8, 4) is 5.75 Å². The summed E-state index contributed by atoms with van der Waals surface area (Å²) >= 11 is 0. The van der Waals surface area contributed by atoms with E-state index in [1.165, 1.54) is 45.2 Å². The molecule has 2 heterocycles.